The number of nitrogens with one attached hydrogen (secondary N) is 2. The standard InChI is InChI=1S/C16H21BrN4O3/c1-10-7-12(17)4-5-13(10)20-14(22)8-19-15(23)11-3-2-6-21(9-11)16(18)24/h4-5,7,11H,2-3,6,8-9H2,1H3,(H2,18,24)(H,19,23)(H,20,22)/t11-/m1/s1. The molecule has 130 valence electrons. The summed E-state index contributed by atoms with van der Waals surface area (Å²) in [5.74, 6) is -0.853. The van der Waals surface area contributed by atoms with Crippen molar-refractivity contribution in [1.29, 1.82) is 0 Å². The first-order chi connectivity index (χ1) is 11.4. The summed E-state index contributed by atoms with van der Waals surface area (Å²) < 4.78 is 0.933. The van der Waals surface area contributed by atoms with Gasteiger partial charge in [-0.05, 0) is 43.5 Å². The van der Waals surface area contributed by atoms with Crippen molar-refractivity contribution in [3.05, 3.63) is 28.2 Å². The molecule has 8 heteroatoms. The molecule has 0 bridgehead atoms. The number of likely N-dealkylation sites (tertiary alicyclic amines) is 1. The summed E-state index contributed by atoms with van der Waals surface area (Å²) in [5.41, 5.74) is 6.88. The number of nitrogens with two attached hydrogens (primary N) is 1. The third kappa shape index (κ3) is 4.95. The van der Waals surface area contributed by atoms with Crippen molar-refractivity contribution < 1.29 is 14.4 Å². The lowest BCUT2D eigenvalue weighted by molar-refractivity contribution is -0.128. The monoisotopic (exact) mass is 396 g/mol. The molecule has 1 fully saturated rings. The molecule has 1 aromatic carbocycles. The average Bonchev–Trinajstić information content (AvgIpc) is 2.55. The second-order valence-corrected chi connectivity index (χ2v) is 6.76. The highest BCUT2D eigenvalue weighted by Gasteiger charge is 2.27. The summed E-state index contributed by atoms with van der Waals surface area (Å²) in [6.45, 7) is 2.65. The molecule has 1 aromatic rings. The maximum Gasteiger partial charge on any atom is 0.314 e. The van der Waals surface area contributed by atoms with Crippen LogP contribution in [0.4, 0.5) is 10.5 Å². The molecule has 0 radical (unpaired) electrons. The summed E-state index contributed by atoms with van der Waals surface area (Å²) in [6, 6.07) is 5.01. The first kappa shape index (κ1) is 18.3. The van der Waals surface area contributed by atoms with Crippen LogP contribution < -0.4 is 16.4 Å². The van der Waals surface area contributed by atoms with E-state index in [2.05, 4.69) is 26.6 Å². The molecule has 4 N–H and O–H groups in total. The molecule has 24 heavy (non-hydrogen) atoms. The number of hydrogen-bond acceptors (Lipinski definition) is 3. The second kappa shape index (κ2) is 8.14. The molecular formula is C16H21BrN4O3. The van der Waals surface area contributed by atoms with Crippen LogP contribution in [0.1, 0.15) is 18.4 Å². The van der Waals surface area contributed by atoms with Crippen LogP contribution in [0.25, 0.3) is 0 Å². The topological polar surface area (TPSA) is 105 Å². The predicted octanol–water partition coefficient (Wildman–Crippen LogP) is 1.60. The van der Waals surface area contributed by atoms with Gasteiger partial charge in [-0.3, -0.25) is 9.59 Å². The van der Waals surface area contributed by atoms with Gasteiger partial charge in [-0.2, -0.15) is 0 Å². The van der Waals surface area contributed by atoms with Gasteiger partial charge in [-0.1, -0.05) is 15.9 Å². The number of primary amides is 1. The van der Waals surface area contributed by atoms with Crippen LogP contribution in [0.5, 0.6) is 0 Å². The number of amides is 4. The Morgan fingerprint density at radius 1 is 1.38 bits per heavy atom. The molecule has 4 amide bonds. The number of rotatable bonds is 4. The molecule has 1 aliphatic rings. The van der Waals surface area contributed by atoms with Gasteiger partial charge in [0.15, 0.2) is 0 Å². The molecule has 0 aromatic heterocycles. The van der Waals surface area contributed by atoms with E-state index in [1.807, 2.05) is 19.1 Å². The number of halogens is 1. The number of hydrogen-bond donors (Lipinski definition) is 3. The van der Waals surface area contributed by atoms with E-state index in [1.54, 1.807) is 6.07 Å². The van der Waals surface area contributed by atoms with Gasteiger partial charge in [0, 0.05) is 23.2 Å². The number of urea groups is 1. The van der Waals surface area contributed by atoms with Crippen LogP contribution in [-0.4, -0.2) is 42.4 Å². The molecule has 1 atom stereocenters. The van der Waals surface area contributed by atoms with E-state index in [1.165, 1.54) is 4.90 Å². The number of aryl methyl sites for hydroxylation is 1. The molecule has 1 aliphatic heterocycles. The molecular weight excluding hydrogens is 376 g/mol. The Balaban J connectivity index is 1.82. The fourth-order valence-corrected chi connectivity index (χ4v) is 3.14. The zero-order valence-electron chi connectivity index (χ0n) is 13.5. The summed E-state index contributed by atoms with van der Waals surface area (Å²) in [5, 5.41) is 5.39. The summed E-state index contributed by atoms with van der Waals surface area (Å²) in [6.07, 6.45) is 1.41. The highest BCUT2D eigenvalue weighted by Crippen LogP contribution is 2.20. The van der Waals surface area contributed by atoms with Gasteiger partial charge in [0.2, 0.25) is 11.8 Å². The van der Waals surface area contributed by atoms with Gasteiger partial charge in [0.1, 0.15) is 0 Å². The minimum Gasteiger partial charge on any atom is -0.351 e. The van der Waals surface area contributed by atoms with E-state index in [0.29, 0.717) is 25.2 Å². The van der Waals surface area contributed by atoms with Crippen molar-refractivity contribution in [2.75, 3.05) is 25.0 Å². The highest BCUT2D eigenvalue weighted by atomic mass is 79.9. The fourth-order valence-electron chi connectivity index (χ4n) is 2.66. The van der Waals surface area contributed by atoms with Crippen LogP contribution in [0.3, 0.4) is 0 Å². The van der Waals surface area contributed by atoms with E-state index in [-0.39, 0.29) is 24.3 Å². The number of benzene rings is 1. The zero-order valence-corrected chi connectivity index (χ0v) is 15.1. The minimum absolute atomic E-state index is 0.110. The molecule has 0 spiro atoms. The van der Waals surface area contributed by atoms with E-state index in [9.17, 15) is 14.4 Å². The Hall–Kier alpha value is -2.09. The Bertz CT molecular complexity index is 650. The quantitative estimate of drug-likeness (QED) is 0.719. The van der Waals surface area contributed by atoms with Crippen molar-refractivity contribution in [2.24, 2.45) is 11.7 Å². The largest absolute Gasteiger partial charge is 0.351 e. The predicted molar refractivity (Wildman–Crippen MR) is 94.4 cm³/mol. The van der Waals surface area contributed by atoms with Crippen LogP contribution >= 0.6 is 15.9 Å². The van der Waals surface area contributed by atoms with Crippen LogP contribution in [-0.2, 0) is 9.59 Å². The molecule has 1 heterocycles. The maximum absolute atomic E-state index is 12.2. The van der Waals surface area contributed by atoms with E-state index in [0.717, 1.165) is 16.5 Å². The number of nitrogens with zero attached hydrogens (tertiary/aromatic N) is 1. The van der Waals surface area contributed by atoms with Gasteiger partial charge < -0.3 is 21.3 Å². The minimum atomic E-state index is -0.518. The van der Waals surface area contributed by atoms with Crippen molar-refractivity contribution in [2.45, 2.75) is 19.8 Å². The summed E-state index contributed by atoms with van der Waals surface area (Å²) in [4.78, 5) is 36.8. The van der Waals surface area contributed by atoms with E-state index >= 15 is 0 Å². The molecule has 0 unspecified atom stereocenters. The van der Waals surface area contributed by atoms with Crippen molar-refractivity contribution in [3.8, 4) is 0 Å². The maximum atomic E-state index is 12.2. The van der Waals surface area contributed by atoms with Gasteiger partial charge in [0.05, 0.1) is 12.5 Å². The first-order valence-corrected chi connectivity index (χ1v) is 8.54. The lowest BCUT2D eigenvalue weighted by atomic mass is 9.97. The number of piperidine rings is 1. The second-order valence-electron chi connectivity index (χ2n) is 5.85. The number of anilines is 1. The highest BCUT2D eigenvalue weighted by molar-refractivity contribution is 9.10. The Morgan fingerprint density at radius 3 is 2.79 bits per heavy atom. The summed E-state index contributed by atoms with van der Waals surface area (Å²) in [7, 11) is 0. The van der Waals surface area contributed by atoms with Crippen molar-refractivity contribution in [1.82, 2.24) is 10.2 Å². The smallest absolute Gasteiger partial charge is 0.314 e. The van der Waals surface area contributed by atoms with Gasteiger partial charge in [-0.25, -0.2) is 4.79 Å². The Labute approximate surface area is 149 Å². The molecule has 0 saturated carbocycles. The molecule has 1 saturated heterocycles. The first-order valence-electron chi connectivity index (χ1n) is 7.75. The molecule has 7 nitrogen and oxygen atoms in total. The third-order valence-electron chi connectivity index (χ3n) is 3.99. The van der Waals surface area contributed by atoms with Crippen LogP contribution in [0.15, 0.2) is 22.7 Å². The normalized spacial score (nSPS) is 17.2. The lowest BCUT2D eigenvalue weighted by Crippen LogP contribution is -2.48. The zero-order chi connectivity index (χ0) is 17.7. The van der Waals surface area contributed by atoms with Crippen LogP contribution in [0.2, 0.25) is 0 Å². The Morgan fingerprint density at radius 2 is 2.12 bits per heavy atom. The lowest BCUT2D eigenvalue weighted by Gasteiger charge is -2.30. The van der Waals surface area contributed by atoms with Gasteiger partial charge in [-0.15, -0.1) is 0 Å². The average molecular weight is 397 g/mol. The van der Waals surface area contributed by atoms with Gasteiger partial charge in [0.25, 0.3) is 0 Å². The number of carbonyl (C=O) groups is 3. The number of carbonyl (C=O) groups excluding carboxylic acids is 3. The van der Waals surface area contributed by atoms with E-state index in [4.69, 9.17) is 5.73 Å². The third-order valence-corrected chi connectivity index (χ3v) is 4.48. The fraction of sp³-hybridized carbons (Fsp3) is 0.438. The molecule has 0 aliphatic carbocycles. The van der Waals surface area contributed by atoms with Crippen molar-refractivity contribution in [3.63, 3.8) is 0 Å². The summed E-state index contributed by atoms with van der Waals surface area (Å²) >= 11 is 3.36. The van der Waals surface area contributed by atoms with Crippen LogP contribution in [0, 0.1) is 12.8 Å². The Kier molecular flexibility index (Phi) is 6.19. The molecule has 2 rings (SSSR count). The van der Waals surface area contributed by atoms with Crippen molar-refractivity contribution >= 4 is 39.5 Å². The van der Waals surface area contributed by atoms with E-state index < -0.39 is 6.03 Å². The SMILES string of the molecule is Cc1cc(Br)ccc1NC(=O)CNC(=O)[C@@H]1CCCN(C(N)=O)C1. The van der Waals surface area contributed by atoms with Gasteiger partial charge >= 0.3 is 6.03 Å².